The van der Waals surface area contributed by atoms with Gasteiger partial charge in [-0.1, -0.05) is 24.6 Å². The molecule has 0 saturated heterocycles. The van der Waals surface area contributed by atoms with Crippen LogP contribution >= 0.6 is 0 Å². The first-order valence-electron chi connectivity index (χ1n) is 7.65. The Hall–Kier alpha value is -1.45. The number of aromatic nitrogens is 1. The van der Waals surface area contributed by atoms with Gasteiger partial charge in [-0.15, -0.1) is 0 Å². The first-order valence-corrected chi connectivity index (χ1v) is 7.65. The maximum absolute atomic E-state index is 5.94. The van der Waals surface area contributed by atoms with Gasteiger partial charge in [0, 0.05) is 23.8 Å². The van der Waals surface area contributed by atoms with Crippen molar-refractivity contribution in [2.75, 3.05) is 0 Å². The van der Waals surface area contributed by atoms with E-state index in [1.54, 1.807) is 0 Å². The van der Waals surface area contributed by atoms with Crippen LogP contribution in [-0.2, 0) is 0 Å². The van der Waals surface area contributed by atoms with E-state index in [1.165, 1.54) is 42.0 Å². The van der Waals surface area contributed by atoms with E-state index in [4.69, 9.17) is 5.84 Å². The number of nitrogens with zero attached hydrogens (tertiary/aromatic N) is 1. The fraction of sp³-hybridized carbons (Fsp3) is 0.471. The molecule has 104 valence electrons. The molecule has 0 spiro atoms. The van der Waals surface area contributed by atoms with Crippen LogP contribution in [-0.4, -0.2) is 4.98 Å². The van der Waals surface area contributed by atoms with Gasteiger partial charge in [-0.05, 0) is 54.0 Å². The summed E-state index contributed by atoms with van der Waals surface area (Å²) < 4.78 is 0. The molecule has 2 saturated carbocycles. The Morgan fingerprint density at radius 1 is 1.20 bits per heavy atom. The average Bonchev–Trinajstić information content (AvgIpc) is 3.11. The summed E-state index contributed by atoms with van der Waals surface area (Å²) in [6.45, 7) is 0. The van der Waals surface area contributed by atoms with Crippen LogP contribution in [0.15, 0.2) is 36.7 Å². The lowest BCUT2D eigenvalue weighted by Crippen LogP contribution is -2.36. The topological polar surface area (TPSA) is 50.9 Å². The van der Waals surface area contributed by atoms with Gasteiger partial charge in [-0.25, -0.2) is 0 Å². The van der Waals surface area contributed by atoms with Crippen LogP contribution in [0.1, 0.15) is 37.3 Å². The molecule has 1 aromatic heterocycles. The van der Waals surface area contributed by atoms with Gasteiger partial charge in [-0.3, -0.25) is 16.3 Å². The van der Waals surface area contributed by atoms with Crippen molar-refractivity contribution in [3.63, 3.8) is 0 Å². The quantitative estimate of drug-likeness (QED) is 0.663. The van der Waals surface area contributed by atoms with E-state index in [1.807, 2.05) is 12.4 Å². The molecule has 0 aliphatic heterocycles. The largest absolute Gasteiger partial charge is 0.271 e. The highest BCUT2D eigenvalue weighted by atomic mass is 15.2. The molecule has 2 bridgehead atoms. The number of hydrogen-bond acceptors (Lipinski definition) is 3. The lowest BCUT2D eigenvalue weighted by Gasteiger charge is -2.31. The van der Waals surface area contributed by atoms with Crippen molar-refractivity contribution in [2.45, 2.75) is 31.7 Å². The third kappa shape index (κ3) is 1.85. The van der Waals surface area contributed by atoms with Crippen molar-refractivity contribution >= 4 is 10.8 Å². The Labute approximate surface area is 119 Å². The van der Waals surface area contributed by atoms with Crippen molar-refractivity contribution in [2.24, 2.45) is 23.6 Å². The second-order valence-electron chi connectivity index (χ2n) is 6.43. The molecule has 20 heavy (non-hydrogen) atoms. The zero-order valence-corrected chi connectivity index (χ0v) is 11.6. The summed E-state index contributed by atoms with van der Waals surface area (Å²) >= 11 is 0. The fourth-order valence-corrected chi connectivity index (χ4v) is 4.55. The molecule has 2 fully saturated rings. The summed E-state index contributed by atoms with van der Waals surface area (Å²) in [5.41, 5.74) is 4.42. The molecule has 0 radical (unpaired) electrons. The van der Waals surface area contributed by atoms with E-state index >= 15 is 0 Å². The molecule has 2 aliphatic rings. The van der Waals surface area contributed by atoms with Crippen LogP contribution in [0.3, 0.4) is 0 Å². The smallest absolute Gasteiger partial charge is 0.0497 e. The number of rotatable bonds is 3. The van der Waals surface area contributed by atoms with Crippen molar-refractivity contribution < 1.29 is 0 Å². The molecular formula is C17H21N3. The number of benzene rings is 1. The monoisotopic (exact) mass is 267 g/mol. The lowest BCUT2D eigenvalue weighted by molar-refractivity contribution is 0.253. The molecule has 2 aliphatic carbocycles. The molecule has 4 unspecified atom stereocenters. The third-order valence-electron chi connectivity index (χ3n) is 5.45. The van der Waals surface area contributed by atoms with E-state index in [2.05, 4.69) is 34.7 Å². The van der Waals surface area contributed by atoms with Crippen molar-refractivity contribution in [3.05, 3.63) is 42.2 Å². The van der Waals surface area contributed by atoms with Gasteiger partial charge >= 0.3 is 0 Å². The van der Waals surface area contributed by atoms with Gasteiger partial charge in [-0.2, -0.15) is 0 Å². The number of hydrogen-bond donors (Lipinski definition) is 2. The van der Waals surface area contributed by atoms with E-state index in [-0.39, 0.29) is 6.04 Å². The van der Waals surface area contributed by atoms with Crippen molar-refractivity contribution in [1.82, 2.24) is 10.4 Å². The lowest BCUT2D eigenvalue weighted by atomic mass is 9.80. The van der Waals surface area contributed by atoms with Gasteiger partial charge in [0.15, 0.2) is 0 Å². The highest BCUT2D eigenvalue weighted by Gasteiger charge is 2.43. The van der Waals surface area contributed by atoms with Crippen LogP contribution < -0.4 is 11.3 Å². The van der Waals surface area contributed by atoms with Crippen LogP contribution in [0.2, 0.25) is 0 Å². The minimum absolute atomic E-state index is 0.262. The first kappa shape index (κ1) is 12.3. The molecular weight excluding hydrogens is 246 g/mol. The molecule has 1 aromatic carbocycles. The summed E-state index contributed by atoms with van der Waals surface area (Å²) in [6.07, 6.45) is 9.38. The Kier molecular flexibility index (Phi) is 2.97. The Morgan fingerprint density at radius 2 is 2.15 bits per heavy atom. The van der Waals surface area contributed by atoms with E-state index in [0.29, 0.717) is 5.92 Å². The molecule has 4 atom stereocenters. The second kappa shape index (κ2) is 4.83. The van der Waals surface area contributed by atoms with Gasteiger partial charge in [0.05, 0.1) is 0 Å². The Balaban J connectivity index is 1.76. The Morgan fingerprint density at radius 3 is 2.90 bits per heavy atom. The SMILES string of the molecule is NNC(c1cccc2ccncc12)C1CC2CCC1C2. The predicted octanol–water partition coefficient (Wildman–Crippen LogP) is 3.18. The zero-order valence-electron chi connectivity index (χ0n) is 11.6. The number of hydrazine groups is 1. The maximum atomic E-state index is 5.94. The standard InChI is InChI=1S/C17H21N3/c18-20-17(15-9-11-4-5-13(15)8-11)14-3-1-2-12-6-7-19-10-16(12)14/h1-3,6-7,10-11,13,15,17,20H,4-5,8-9,18H2. The van der Waals surface area contributed by atoms with Gasteiger partial charge in [0.1, 0.15) is 0 Å². The van der Waals surface area contributed by atoms with Gasteiger partial charge in [0.25, 0.3) is 0 Å². The third-order valence-corrected chi connectivity index (χ3v) is 5.45. The minimum atomic E-state index is 0.262. The summed E-state index contributed by atoms with van der Waals surface area (Å²) in [4.78, 5) is 4.30. The average molecular weight is 267 g/mol. The maximum Gasteiger partial charge on any atom is 0.0497 e. The van der Waals surface area contributed by atoms with Crippen LogP contribution in [0.5, 0.6) is 0 Å². The van der Waals surface area contributed by atoms with Crippen LogP contribution in [0, 0.1) is 17.8 Å². The minimum Gasteiger partial charge on any atom is -0.271 e. The normalized spacial score (nSPS) is 29.9. The van der Waals surface area contributed by atoms with E-state index in [9.17, 15) is 0 Å². The summed E-state index contributed by atoms with van der Waals surface area (Å²) in [5.74, 6) is 8.42. The summed E-state index contributed by atoms with van der Waals surface area (Å²) in [6, 6.07) is 8.83. The van der Waals surface area contributed by atoms with Gasteiger partial charge in [0.2, 0.25) is 0 Å². The first-order chi connectivity index (χ1) is 9.86. The summed E-state index contributed by atoms with van der Waals surface area (Å²) in [7, 11) is 0. The molecule has 3 N–H and O–H groups in total. The number of nitrogens with one attached hydrogen (secondary N) is 1. The fourth-order valence-electron chi connectivity index (χ4n) is 4.55. The molecule has 4 rings (SSSR count). The van der Waals surface area contributed by atoms with Crippen LogP contribution in [0.4, 0.5) is 0 Å². The number of nitrogens with two attached hydrogens (primary N) is 1. The second-order valence-corrected chi connectivity index (χ2v) is 6.43. The zero-order chi connectivity index (χ0) is 13.5. The highest BCUT2D eigenvalue weighted by molar-refractivity contribution is 5.85. The van der Waals surface area contributed by atoms with E-state index < -0.39 is 0 Å². The van der Waals surface area contributed by atoms with Crippen LogP contribution in [0.25, 0.3) is 10.8 Å². The predicted molar refractivity (Wildman–Crippen MR) is 80.7 cm³/mol. The van der Waals surface area contributed by atoms with Crippen molar-refractivity contribution in [1.29, 1.82) is 0 Å². The Bertz CT molecular complexity index is 619. The van der Waals surface area contributed by atoms with Crippen molar-refractivity contribution in [3.8, 4) is 0 Å². The number of fused-ring (bicyclic) bond motifs is 3. The summed E-state index contributed by atoms with van der Waals surface area (Å²) in [5, 5.41) is 2.49. The van der Waals surface area contributed by atoms with Gasteiger partial charge < -0.3 is 0 Å². The molecule has 1 heterocycles. The van der Waals surface area contributed by atoms with E-state index in [0.717, 1.165) is 11.8 Å². The molecule has 3 nitrogen and oxygen atoms in total. The number of pyridine rings is 1. The highest BCUT2D eigenvalue weighted by Crippen LogP contribution is 2.52. The molecule has 2 aromatic rings. The molecule has 0 amide bonds. The molecule has 3 heteroatoms.